The standard InChI is InChI=1S/C58H126N8O21/c1-5-17-63-83-37-33-75-45-55(46-76-34-38-84-64-18-6-2)81-51-58(52-82-56(47-77-35-39-85-65-19-7-3)48-78-36-40-86-66-20-8-4)87-57(49-79-53(41-71-29-25-67-21-9-13-59)42-72-30-26-68-22-10-14-60)50-80-54(43-73-31-27-69-23-11-15-61)44-74-32-28-70-24-12-16-62/h53-58,63-66H,5-52,59-62H2,1-4H3. The van der Waals surface area contributed by atoms with Crippen molar-refractivity contribution in [3.63, 3.8) is 0 Å². The van der Waals surface area contributed by atoms with E-state index in [2.05, 4.69) is 49.6 Å². The van der Waals surface area contributed by atoms with Crippen molar-refractivity contribution in [1.29, 1.82) is 0 Å². The van der Waals surface area contributed by atoms with Crippen molar-refractivity contribution < 1.29 is 99.9 Å². The van der Waals surface area contributed by atoms with Gasteiger partial charge in [0.05, 0.1) is 185 Å². The minimum Gasteiger partial charge on any atom is -0.379 e. The summed E-state index contributed by atoms with van der Waals surface area (Å²) in [4.78, 5) is 22.1. The van der Waals surface area contributed by atoms with Gasteiger partial charge < -0.3 is 103 Å². The number of rotatable bonds is 78. The lowest BCUT2D eigenvalue weighted by molar-refractivity contribution is -0.180. The average molecular weight is 1270 g/mol. The minimum absolute atomic E-state index is 0.0350. The highest BCUT2D eigenvalue weighted by Gasteiger charge is 2.26. The average Bonchev–Trinajstić information content (AvgIpc) is 3.55. The van der Waals surface area contributed by atoms with Gasteiger partial charge in [-0.2, -0.15) is 0 Å². The molecule has 0 aromatic rings. The van der Waals surface area contributed by atoms with Crippen molar-refractivity contribution in [2.24, 2.45) is 22.9 Å². The molecule has 524 valence electrons. The summed E-state index contributed by atoms with van der Waals surface area (Å²) in [6.45, 7) is 22.7. The van der Waals surface area contributed by atoms with Crippen LogP contribution in [0.5, 0.6) is 0 Å². The first-order valence-corrected chi connectivity index (χ1v) is 32.2. The first-order chi connectivity index (χ1) is 43.0. The van der Waals surface area contributed by atoms with Gasteiger partial charge in [-0.1, -0.05) is 27.7 Å². The third-order valence-electron chi connectivity index (χ3n) is 11.5. The molecule has 0 fully saturated rings. The van der Waals surface area contributed by atoms with Gasteiger partial charge in [0.15, 0.2) is 0 Å². The van der Waals surface area contributed by atoms with Crippen LogP contribution in [0.25, 0.3) is 0 Å². The predicted molar refractivity (Wildman–Crippen MR) is 329 cm³/mol. The van der Waals surface area contributed by atoms with Gasteiger partial charge in [-0.15, -0.1) is 0 Å². The number of nitrogens with one attached hydrogen (secondary N) is 4. The van der Waals surface area contributed by atoms with Crippen molar-refractivity contribution in [3.8, 4) is 0 Å². The summed E-state index contributed by atoms with van der Waals surface area (Å²) in [5.41, 5.74) is 34.4. The van der Waals surface area contributed by atoms with Crippen LogP contribution in [0.1, 0.15) is 79.1 Å². The van der Waals surface area contributed by atoms with Crippen LogP contribution in [0.15, 0.2) is 0 Å². The monoisotopic (exact) mass is 1270 g/mol. The van der Waals surface area contributed by atoms with E-state index >= 15 is 0 Å². The predicted octanol–water partition coefficient (Wildman–Crippen LogP) is 0.600. The Morgan fingerprint density at radius 3 is 0.621 bits per heavy atom. The molecular weight excluding hydrogens is 1140 g/mol. The van der Waals surface area contributed by atoms with E-state index < -0.39 is 36.6 Å². The lowest BCUT2D eigenvalue weighted by atomic mass is 10.3. The Kier molecular flexibility index (Phi) is 72.9. The van der Waals surface area contributed by atoms with Gasteiger partial charge in [0.25, 0.3) is 0 Å². The molecule has 0 aliphatic rings. The van der Waals surface area contributed by atoms with E-state index in [-0.39, 0.29) is 79.3 Å². The molecule has 0 aliphatic carbocycles. The molecule has 29 heteroatoms. The number of hydrogen-bond donors (Lipinski definition) is 8. The third kappa shape index (κ3) is 64.7. The van der Waals surface area contributed by atoms with Crippen molar-refractivity contribution in [2.45, 2.75) is 116 Å². The van der Waals surface area contributed by atoms with Crippen LogP contribution in [-0.4, -0.2) is 300 Å². The van der Waals surface area contributed by atoms with Crippen molar-refractivity contribution >= 4 is 0 Å². The number of nitrogens with two attached hydrogens (primary N) is 4. The third-order valence-corrected chi connectivity index (χ3v) is 11.5. The molecule has 12 N–H and O–H groups in total. The van der Waals surface area contributed by atoms with Crippen LogP contribution in [0.2, 0.25) is 0 Å². The Labute approximate surface area is 522 Å². The summed E-state index contributed by atoms with van der Waals surface area (Å²) in [5, 5.41) is 0. The van der Waals surface area contributed by atoms with Crippen molar-refractivity contribution in [3.05, 3.63) is 0 Å². The van der Waals surface area contributed by atoms with Crippen molar-refractivity contribution in [1.82, 2.24) is 21.9 Å². The first-order valence-electron chi connectivity index (χ1n) is 32.2. The molecule has 29 nitrogen and oxygen atoms in total. The lowest BCUT2D eigenvalue weighted by Crippen LogP contribution is -2.42. The van der Waals surface area contributed by atoms with Gasteiger partial charge in [0.1, 0.15) is 36.6 Å². The molecule has 0 unspecified atom stereocenters. The Morgan fingerprint density at radius 1 is 0.230 bits per heavy atom. The fraction of sp³-hybridized carbons (Fsp3) is 1.00. The van der Waals surface area contributed by atoms with Gasteiger partial charge in [-0.25, -0.2) is 21.9 Å². The SMILES string of the molecule is CCCNOCCOCC(COCCONCCC)OCC(COC(COCCONCCC)COCCONCCC)OC(COC(COCCOCCCN)COCCOCCCN)COC(COCCOCCCN)COCCOCCCN. The van der Waals surface area contributed by atoms with E-state index in [1.807, 2.05) is 0 Å². The van der Waals surface area contributed by atoms with Gasteiger partial charge in [-0.3, -0.25) is 19.4 Å². The molecule has 0 aliphatic heterocycles. The van der Waals surface area contributed by atoms with Gasteiger partial charge >= 0.3 is 0 Å². The highest BCUT2D eigenvalue weighted by molar-refractivity contribution is 4.70. The summed E-state index contributed by atoms with van der Waals surface area (Å²) in [6, 6.07) is 0. The summed E-state index contributed by atoms with van der Waals surface area (Å²) in [7, 11) is 0. The van der Waals surface area contributed by atoms with Crippen LogP contribution in [-0.2, 0) is 99.9 Å². The molecule has 0 amide bonds. The van der Waals surface area contributed by atoms with Crippen LogP contribution in [0, 0.1) is 0 Å². The molecule has 0 radical (unpaired) electrons. The fourth-order valence-electron chi connectivity index (χ4n) is 6.80. The molecule has 0 aromatic carbocycles. The normalized spacial score (nSPS) is 12.2. The Morgan fingerprint density at radius 2 is 0.425 bits per heavy atom. The number of ether oxygens (including phenoxy) is 17. The summed E-state index contributed by atoms with van der Waals surface area (Å²) in [6.07, 6.45) is 3.14. The molecule has 0 saturated carbocycles. The van der Waals surface area contributed by atoms with Gasteiger partial charge in [-0.05, 0) is 77.5 Å². The van der Waals surface area contributed by atoms with E-state index in [0.717, 1.165) is 77.5 Å². The first kappa shape index (κ1) is 85.8. The maximum atomic E-state index is 7.04. The smallest absolute Gasteiger partial charge is 0.105 e. The maximum absolute atomic E-state index is 7.04. The molecular formula is C58H126N8O21. The highest BCUT2D eigenvalue weighted by Crippen LogP contribution is 2.12. The minimum atomic E-state index is -0.733. The van der Waals surface area contributed by atoms with E-state index in [4.69, 9.17) is 123 Å². The molecule has 0 spiro atoms. The zero-order valence-corrected chi connectivity index (χ0v) is 54.3. The number of hydroxylamine groups is 4. The number of hydrogen-bond acceptors (Lipinski definition) is 29. The maximum Gasteiger partial charge on any atom is 0.105 e. The quantitative estimate of drug-likeness (QED) is 0.0305. The molecule has 0 bridgehead atoms. The summed E-state index contributed by atoms with van der Waals surface area (Å²) >= 11 is 0. The van der Waals surface area contributed by atoms with E-state index in [1.165, 1.54) is 0 Å². The van der Waals surface area contributed by atoms with E-state index in [1.54, 1.807) is 0 Å². The molecule has 0 aromatic heterocycles. The lowest BCUT2D eigenvalue weighted by Gasteiger charge is -2.30. The van der Waals surface area contributed by atoms with Gasteiger partial charge in [0.2, 0.25) is 0 Å². The fourth-order valence-corrected chi connectivity index (χ4v) is 6.80. The van der Waals surface area contributed by atoms with Crippen molar-refractivity contribution in [2.75, 3.05) is 264 Å². The molecule has 0 rings (SSSR count). The molecule has 0 atom stereocenters. The second kappa shape index (κ2) is 73.9. The van der Waals surface area contributed by atoms with Crippen LogP contribution < -0.4 is 44.9 Å². The van der Waals surface area contributed by atoms with Gasteiger partial charge in [0, 0.05) is 52.6 Å². The van der Waals surface area contributed by atoms with E-state index in [9.17, 15) is 0 Å². The van der Waals surface area contributed by atoms with Crippen LogP contribution in [0.4, 0.5) is 0 Å². The van der Waals surface area contributed by atoms with E-state index in [0.29, 0.717) is 158 Å². The molecule has 87 heavy (non-hydrogen) atoms. The van der Waals surface area contributed by atoms with Crippen LogP contribution in [0.3, 0.4) is 0 Å². The summed E-state index contributed by atoms with van der Waals surface area (Å²) < 4.78 is 105. The molecule has 0 saturated heterocycles. The zero-order chi connectivity index (χ0) is 63.1. The zero-order valence-electron chi connectivity index (χ0n) is 54.3. The van der Waals surface area contributed by atoms with Crippen LogP contribution >= 0.6 is 0 Å². The Bertz CT molecular complexity index is 1040. The summed E-state index contributed by atoms with van der Waals surface area (Å²) in [5.74, 6) is 0. The second-order valence-corrected chi connectivity index (χ2v) is 19.8. The Hall–Kier alpha value is -1.16. The molecule has 0 heterocycles. The topological polar surface area (TPSA) is 346 Å². The Balaban J connectivity index is 7.12. The highest BCUT2D eigenvalue weighted by atomic mass is 16.7. The second-order valence-electron chi connectivity index (χ2n) is 19.8. The largest absolute Gasteiger partial charge is 0.379 e.